The molecule has 3 aliphatic heterocycles. The molecule has 5 aromatic rings. The van der Waals surface area contributed by atoms with Crippen molar-refractivity contribution in [2.45, 2.75) is 37.5 Å². The van der Waals surface area contributed by atoms with Gasteiger partial charge in [0.2, 0.25) is 11.8 Å². The molecule has 8 rings (SSSR count). The van der Waals surface area contributed by atoms with E-state index < -0.39 is 6.04 Å². The van der Waals surface area contributed by atoms with Crippen molar-refractivity contribution >= 4 is 45.5 Å². The summed E-state index contributed by atoms with van der Waals surface area (Å²) in [5.74, 6) is 0.0559. The fraction of sp³-hybridized carbons (Fsp3) is 0.290. The minimum absolute atomic E-state index is 0.00286. The molecule has 2 fully saturated rings. The number of nitrogens with zero attached hydrogens (tertiary/aromatic N) is 5. The molecule has 2 aromatic heterocycles. The molecule has 0 unspecified atom stereocenters. The van der Waals surface area contributed by atoms with Crippen LogP contribution in [0.1, 0.15) is 34.8 Å². The van der Waals surface area contributed by atoms with Gasteiger partial charge < -0.3 is 14.8 Å². The molecule has 9 heteroatoms. The van der Waals surface area contributed by atoms with Gasteiger partial charge in [0.1, 0.15) is 23.6 Å². The van der Waals surface area contributed by atoms with Crippen LogP contribution in [0, 0.1) is 0 Å². The average Bonchev–Trinajstić information content (AvgIpc) is 3.72. The molecule has 3 aliphatic rings. The number of carbonyl (C=O) groups is 2. The van der Waals surface area contributed by atoms with Crippen molar-refractivity contribution < 1.29 is 9.59 Å². The zero-order valence-electron chi connectivity index (χ0n) is 21.9. The normalized spacial score (nSPS) is 23.2. The maximum absolute atomic E-state index is 14.3. The third-order valence-corrected chi connectivity index (χ3v) is 9.38. The summed E-state index contributed by atoms with van der Waals surface area (Å²) in [6.07, 6.45) is 1.39. The van der Waals surface area contributed by atoms with Crippen molar-refractivity contribution in [1.82, 2.24) is 28.4 Å². The van der Waals surface area contributed by atoms with Gasteiger partial charge in [-0.1, -0.05) is 54.6 Å². The number of hydrogen-bond donors (Lipinski definition) is 1. The van der Waals surface area contributed by atoms with E-state index >= 15 is 0 Å². The van der Waals surface area contributed by atoms with Crippen molar-refractivity contribution in [2.24, 2.45) is 0 Å². The topological polar surface area (TPSA) is 85.4 Å². The fourth-order valence-corrected chi connectivity index (χ4v) is 7.48. The highest BCUT2D eigenvalue weighted by Gasteiger charge is 2.50. The van der Waals surface area contributed by atoms with E-state index in [-0.39, 0.29) is 30.4 Å². The van der Waals surface area contributed by atoms with E-state index in [2.05, 4.69) is 55.0 Å². The maximum atomic E-state index is 14.3. The first-order chi connectivity index (χ1) is 19.6. The van der Waals surface area contributed by atoms with E-state index in [0.29, 0.717) is 6.42 Å². The number of para-hydroxylation sites is 1. The molecule has 0 saturated carbocycles. The lowest BCUT2D eigenvalue weighted by atomic mass is 9.85. The number of aromatic nitrogens is 3. The highest BCUT2D eigenvalue weighted by Crippen LogP contribution is 2.43. The van der Waals surface area contributed by atoms with Crippen molar-refractivity contribution in [3.63, 3.8) is 0 Å². The van der Waals surface area contributed by atoms with E-state index in [1.165, 1.54) is 17.3 Å². The second-order valence-corrected chi connectivity index (χ2v) is 11.7. The number of nitrogens with one attached hydrogen (secondary N) is 1. The van der Waals surface area contributed by atoms with Crippen LogP contribution >= 0.6 is 11.7 Å². The predicted molar refractivity (Wildman–Crippen MR) is 154 cm³/mol. The number of likely N-dealkylation sites (tertiary alicyclic amines) is 1. The zero-order valence-corrected chi connectivity index (χ0v) is 22.7. The molecule has 40 heavy (non-hydrogen) atoms. The highest BCUT2D eigenvalue weighted by molar-refractivity contribution is 7.00. The van der Waals surface area contributed by atoms with Crippen LogP contribution < -0.4 is 0 Å². The second kappa shape index (κ2) is 9.25. The minimum Gasteiger partial charge on any atom is -0.356 e. The number of hydrogen-bond acceptors (Lipinski definition) is 6. The molecule has 200 valence electrons. The predicted octanol–water partition coefficient (Wildman–Crippen LogP) is 4.13. The summed E-state index contributed by atoms with van der Waals surface area (Å²) in [6, 6.07) is 23.8. The van der Waals surface area contributed by atoms with Crippen LogP contribution in [0.3, 0.4) is 0 Å². The van der Waals surface area contributed by atoms with Crippen LogP contribution in [0.4, 0.5) is 0 Å². The van der Waals surface area contributed by atoms with Gasteiger partial charge in [-0.2, -0.15) is 8.75 Å². The number of fused-ring (bicyclic) bond motifs is 5. The lowest BCUT2D eigenvalue weighted by Gasteiger charge is -2.48. The van der Waals surface area contributed by atoms with Gasteiger partial charge in [-0.25, -0.2) is 0 Å². The Bertz CT molecular complexity index is 1760. The van der Waals surface area contributed by atoms with E-state index in [0.717, 1.165) is 64.8 Å². The molecular formula is C31H28N6O2S. The van der Waals surface area contributed by atoms with Crippen LogP contribution in [-0.2, 0) is 22.6 Å². The largest absolute Gasteiger partial charge is 0.356 e. The molecule has 0 radical (unpaired) electrons. The van der Waals surface area contributed by atoms with Gasteiger partial charge in [-0.3, -0.25) is 14.5 Å². The Morgan fingerprint density at radius 1 is 0.950 bits per heavy atom. The van der Waals surface area contributed by atoms with Gasteiger partial charge >= 0.3 is 0 Å². The van der Waals surface area contributed by atoms with Crippen LogP contribution in [0.15, 0.2) is 72.8 Å². The molecule has 3 aromatic carbocycles. The first kappa shape index (κ1) is 23.8. The zero-order chi connectivity index (χ0) is 26.8. The molecule has 0 aliphatic carbocycles. The molecular weight excluding hydrogens is 520 g/mol. The Labute approximate surface area is 235 Å². The van der Waals surface area contributed by atoms with E-state index in [1.54, 1.807) is 0 Å². The van der Waals surface area contributed by atoms with E-state index in [1.807, 2.05) is 46.2 Å². The third kappa shape index (κ3) is 3.76. The van der Waals surface area contributed by atoms with Gasteiger partial charge in [0.15, 0.2) is 0 Å². The molecule has 0 spiro atoms. The molecule has 5 heterocycles. The standard InChI is InChI=1S/C31H28N6O2S/c38-28-18-36(21-12-13-35(17-21)16-19-6-2-1-3-7-19)31(39)27-15-23-22-8-4-5-9-24(22)32-29(23)30(37(27)28)20-10-11-25-26(14-20)34-40-33-25/h1-11,14,21,27,30,32H,12-13,15-18H2/t21-,27+,30+/m0/s1. The van der Waals surface area contributed by atoms with Crippen LogP contribution in [0.2, 0.25) is 0 Å². The average molecular weight is 549 g/mol. The SMILES string of the molecule is O=C1[C@H]2Cc3c([nH]c4ccccc34)[C@@H](c3ccc4nsnc4c3)N2C(=O)CN1[C@H]1CCN(Cc2ccccc2)C1. The Kier molecular flexibility index (Phi) is 5.50. The first-order valence-corrected chi connectivity index (χ1v) is 14.6. The lowest BCUT2D eigenvalue weighted by Crippen LogP contribution is -2.65. The number of carbonyl (C=O) groups excluding carboxylic acids is 2. The van der Waals surface area contributed by atoms with Crippen LogP contribution in [-0.4, -0.2) is 72.0 Å². The highest BCUT2D eigenvalue weighted by atomic mass is 32.1. The molecule has 0 bridgehead atoms. The van der Waals surface area contributed by atoms with Gasteiger partial charge in [0, 0.05) is 48.7 Å². The minimum atomic E-state index is -0.537. The van der Waals surface area contributed by atoms with Crippen molar-refractivity contribution in [1.29, 1.82) is 0 Å². The lowest BCUT2D eigenvalue weighted by molar-refractivity contribution is -0.160. The first-order valence-electron chi connectivity index (χ1n) is 13.8. The van der Waals surface area contributed by atoms with Gasteiger partial charge in [-0.05, 0) is 41.3 Å². The van der Waals surface area contributed by atoms with Gasteiger partial charge in [-0.15, -0.1) is 0 Å². The van der Waals surface area contributed by atoms with Crippen molar-refractivity contribution in [2.75, 3.05) is 19.6 Å². The quantitative estimate of drug-likeness (QED) is 0.365. The fourth-order valence-electron chi connectivity index (χ4n) is 6.96. The third-order valence-electron chi connectivity index (χ3n) is 8.82. The Hall–Kier alpha value is -4.08. The summed E-state index contributed by atoms with van der Waals surface area (Å²) in [4.78, 5) is 38.0. The number of amides is 2. The summed E-state index contributed by atoms with van der Waals surface area (Å²) in [7, 11) is 0. The molecule has 2 saturated heterocycles. The number of aromatic amines is 1. The summed E-state index contributed by atoms with van der Waals surface area (Å²) in [6.45, 7) is 2.68. The summed E-state index contributed by atoms with van der Waals surface area (Å²) in [5.41, 5.74) is 7.00. The second-order valence-electron chi connectivity index (χ2n) is 11.1. The molecule has 2 amide bonds. The Balaban J connectivity index is 1.15. The monoisotopic (exact) mass is 548 g/mol. The van der Waals surface area contributed by atoms with Crippen LogP contribution in [0.25, 0.3) is 21.9 Å². The number of piperazine rings is 1. The Morgan fingerprint density at radius 2 is 1.77 bits per heavy atom. The summed E-state index contributed by atoms with van der Waals surface area (Å²) in [5, 5.41) is 1.12. The molecule has 1 N–H and O–H groups in total. The van der Waals surface area contributed by atoms with Gasteiger partial charge in [0.05, 0.1) is 17.8 Å². The van der Waals surface area contributed by atoms with E-state index in [4.69, 9.17) is 0 Å². The smallest absolute Gasteiger partial charge is 0.246 e. The van der Waals surface area contributed by atoms with Crippen molar-refractivity contribution in [3.05, 3.63) is 95.2 Å². The Morgan fingerprint density at radius 3 is 2.67 bits per heavy atom. The number of H-pyrrole nitrogens is 1. The molecule has 3 atom stereocenters. The van der Waals surface area contributed by atoms with E-state index in [9.17, 15) is 9.59 Å². The maximum Gasteiger partial charge on any atom is 0.246 e. The van der Waals surface area contributed by atoms with Crippen molar-refractivity contribution in [3.8, 4) is 0 Å². The summed E-state index contributed by atoms with van der Waals surface area (Å²) < 4.78 is 8.81. The van der Waals surface area contributed by atoms with Gasteiger partial charge in [0.25, 0.3) is 0 Å². The van der Waals surface area contributed by atoms with Crippen LogP contribution in [0.5, 0.6) is 0 Å². The number of benzene rings is 3. The molecule has 8 nitrogen and oxygen atoms in total. The summed E-state index contributed by atoms with van der Waals surface area (Å²) >= 11 is 1.18. The number of rotatable bonds is 4.